The van der Waals surface area contributed by atoms with Crippen LogP contribution >= 0.6 is 23.4 Å². The molecule has 0 bridgehead atoms. The molecule has 0 atom stereocenters. The van der Waals surface area contributed by atoms with Crippen molar-refractivity contribution in [2.75, 3.05) is 39.1 Å². The van der Waals surface area contributed by atoms with Crippen LogP contribution in [0, 0.1) is 5.41 Å². The van der Waals surface area contributed by atoms with E-state index in [0.29, 0.717) is 0 Å². The highest BCUT2D eigenvalue weighted by Gasteiger charge is 2.33. The minimum atomic E-state index is 0.0559. The van der Waals surface area contributed by atoms with Gasteiger partial charge in [-0.1, -0.05) is 30.9 Å². The van der Waals surface area contributed by atoms with E-state index in [0.717, 1.165) is 77.7 Å². The van der Waals surface area contributed by atoms with Crippen LogP contribution in [0.5, 0.6) is 5.75 Å². The number of hydrogen-bond acceptors (Lipinski definition) is 5. The van der Waals surface area contributed by atoms with Gasteiger partial charge in [0.2, 0.25) is 0 Å². The first-order chi connectivity index (χ1) is 16.6. The number of hydrogen-bond donors (Lipinski definition) is 1. The van der Waals surface area contributed by atoms with Crippen molar-refractivity contribution in [3.63, 3.8) is 0 Å². The molecule has 0 radical (unpaired) electrons. The Bertz CT molecular complexity index is 911. The van der Waals surface area contributed by atoms with Crippen molar-refractivity contribution in [3.8, 4) is 5.75 Å². The minimum absolute atomic E-state index is 0.0559. The fourth-order valence-electron chi connectivity index (χ4n) is 5.73. The third-order valence-electron chi connectivity index (χ3n) is 8.04. The van der Waals surface area contributed by atoms with Crippen molar-refractivity contribution in [2.24, 2.45) is 5.41 Å². The van der Waals surface area contributed by atoms with Gasteiger partial charge in [0.15, 0.2) is 0 Å². The number of aryl methyl sites for hydroxylation is 1. The molecule has 1 N–H and O–H groups in total. The van der Waals surface area contributed by atoms with Gasteiger partial charge in [-0.05, 0) is 106 Å². The molecule has 1 aliphatic carbocycles. The average molecular weight is 505 g/mol. The first-order valence-corrected chi connectivity index (χ1v) is 14.6. The van der Waals surface area contributed by atoms with E-state index >= 15 is 0 Å². The Morgan fingerprint density at radius 2 is 1.97 bits per heavy atom. The maximum absolute atomic E-state index is 10.3. The van der Waals surface area contributed by atoms with Gasteiger partial charge in [-0.3, -0.25) is 4.98 Å². The van der Waals surface area contributed by atoms with Crippen LogP contribution in [0.15, 0.2) is 24.4 Å². The number of thioether (sulfide) groups is 1. The van der Waals surface area contributed by atoms with Crippen LogP contribution in [-0.4, -0.2) is 59.3 Å². The van der Waals surface area contributed by atoms with Gasteiger partial charge < -0.3 is 14.7 Å². The minimum Gasteiger partial charge on any atom is -0.497 e. The van der Waals surface area contributed by atoms with Crippen molar-refractivity contribution in [1.29, 1.82) is 0 Å². The van der Waals surface area contributed by atoms with Gasteiger partial charge in [0.25, 0.3) is 0 Å². The van der Waals surface area contributed by atoms with Gasteiger partial charge in [-0.2, -0.15) is 11.8 Å². The van der Waals surface area contributed by atoms with Gasteiger partial charge in [-0.25, -0.2) is 0 Å². The molecule has 2 aliphatic rings. The van der Waals surface area contributed by atoms with Gasteiger partial charge in [0.05, 0.1) is 17.6 Å². The lowest BCUT2D eigenvalue weighted by molar-refractivity contribution is 0.0358. The van der Waals surface area contributed by atoms with Crippen molar-refractivity contribution in [1.82, 2.24) is 9.88 Å². The maximum atomic E-state index is 10.3. The lowest BCUT2D eigenvalue weighted by Crippen LogP contribution is -2.42. The number of ether oxygens (including phenoxy) is 1. The predicted molar refractivity (Wildman–Crippen MR) is 145 cm³/mol. The number of methoxy groups -OCH3 is 1. The molecule has 2 fully saturated rings. The molecule has 0 spiro atoms. The number of piperidine rings is 1. The predicted octanol–water partition coefficient (Wildman–Crippen LogP) is 6.75. The first-order valence-electron chi connectivity index (χ1n) is 13.2. The topological polar surface area (TPSA) is 45.6 Å². The molecule has 4 nitrogen and oxygen atoms in total. The standard InChI is InChI=1S/C28H41ClN2O2S/c1-33-22-10-11-27-25(19-22)24(26(29)20-30-27)9-5-12-28(21-32)13-16-31(17-14-28)15-6-18-34-23-7-3-2-4-8-23/h10-11,19-20,23,32H,2-9,12-18,21H2,1H3. The molecule has 188 valence electrons. The van der Waals surface area contributed by atoms with Crippen LogP contribution in [-0.2, 0) is 6.42 Å². The number of nitrogens with zero attached hydrogens (tertiary/aromatic N) is 2. The summed E-state index contributed by atoms with van der Waals surface area (Å²) in [5.74, 6) is 2.13. The summed E-state index contributed by atoms with van der Waals surface area (Å²) >= 11 is 8.77. The number of rotatable bonds is 11. The van der Waals surface area contributed by atoms with Crippen molar-refractivity contribution >= 4 is 34.3 Å². The number of fused-ring (bicyclic) bond motifs is 1. The summed E-state index contributed by atoms with van der Waals surface area (Å²) in [7, 11) is 1.69. The lowest BCUT2D eigenvalue weighted by atomic mass is 9.75. The molecule has 2 aromatic rings. The molecule has 6 heteroatoms. The zero-order valence-electron chi connectivity index (χ0n) is 20.7. The molecule has 34 heavy (non-hydrogen) atoms. The van der Waals surface area contributed by atoms with Crippen molar-refractivity contribution in [2.45, 2.75) is 75.9 Å². The summed E-state index contributed by atoms with van der Waals surface area (Å²) in [6, 6.07) is 5.97. The molecular weight excluding hydrogens is 464 g/mol. The monoisotopic (exact) mass is 504 g/mol. The van der Waals surface area contributed by atoms with Crippen LogP contribution in [0.4, 0.5) is 0 Å². The SMILES string of the molecule is COc1ccc2ncc(Cl)c(CCCC3(CO)CCN(CCCSC4CCCCC4)CC3)c2c1. The number of aliphatic hydroxyl groups is 1. The van der Waals surface area contributed by atoms with Crippen LogP contribution in [0.1, 0.15) is 69.8 Å². The van der Waals surface area contributed by atoms with E-state index in [9.17, 15) is 5.11 Å². The quantitative estimate of drug-likeness (QED) is 0.343. The van der Waals surface area contributed by atoms with Crippen molar-refractivity contribution in [3.05, 3.63) is 35.0 Å². The molecule has 4 rings (SSSR count). The highest BCUT2D eigenvalue weighted by Crippen LogP contribution is 2.37. The summed E-state index contributed by atoms with van der Waals surface area (Å²) < 4.78 is 5.42. The number of likely N-dealkylation sites (tertiary alicyclic amines) is 1. The van der Waals surface area contributed by atoms with Gasteiger partial charge in [-0.15, -0.1) is 0 Å². The Kier molecular flexibility index (Phi) is 9.81. The van der Waals surface area contributed by atoms with E-state index < -0.39 is 0 Å². The molecule has 1 saturated carbocycles. The Labute approximate surface area is 214 Å². The molecule has 0 unspecified atom stereocenters. The van der Waals surface area contributed by atoms with E-state index in [1.54, 1.807) is 13.3 Å². The fraction of sp³-hybridized carbons (Fsp3) is 0.679. The zero-order chi connectivity index (χ0) is 23.8. The molecule has 1 aromatic carbocycles. The Balaban J connectivity index is 1.24. The summed E-state index contributed by atoms with van der Waals surface area (Å²) in [4.78, 5) is 7.10. The van der Waals surface area contributed by atoms with E-state index in [1.165, 1.54) is 50.8 Å². The largest absolute Gasteiger partial charge is 0.497 e. The van der Waals surface area contributed by atoms with E-state index in [1.807, 2.05) is 18.2 Å². The van der Waals surface area contributed by atoms with E-state index in [4.69, 9.17) is 16.3 Å². The normalized spacial score (nSPS) is 19.5. The van der Waals surface area contributed by atoms with Gasteiger partial charge in [0, 0.05) is 23.4 Å². The molecule has 1 aromatic heterocycles. The smallest absolute Gasteiger partial charge is 0.119 e. The molecule has 1 aliphatic heterocycles. The van der Waals surface area contributed by atoms with Crippen LogP contribution < -0.4 is 4.74 Å². The third kappa shape index (κ3) is 6.81. The molecule has 0 amide bonds. The summed E-state index contributed by atoms with van der Waals surface area (Å²) in [6.07, 6.45) is 15.4. The number of pyridine rings is 1. The second-order valence-corrected chi connectivity index (χ2v) is 12.1. The van der Waals surface area contributed by atoms with E-state index in [-0.39, 0.29) is 12.0 Å². The Hall–Kier alpha value is -1.01. The second-order valence-electron chi connectivity index (χ2n) is 10.3. The first kappa shape index (κ1) is 26.1. The number of benzene rings is 1. The average Bonchev–Trinajstić information content (AvgIpc) is 2.89. The number of aromatic nitrogens is 1. The van der Waals surface area contributed by atoms with Crippen LogP contribution in [0.25, 0.3) is 10.9 Å². The highest BCUT2D eigenvalue weighted by molar-refractivity contribution is 7.99. The van der Waals surface area contributed by atoms with Gasteiger partial charge >= 0.3 is 0 Å². The summed E-state index contributed by atoms with van der Waals surface area (Å²) in [6.45, 7) is 3.73. The second kappa shape index (κ2) is 12.8. The molecule has 1 saturated heterocycles. The number of aliphatic hydroxyl groups excluding tert-OH is 1. The summed E-state index contributed by atoms with van der Waals surface area (Å²) in [5, 5.41) is 13.0. The Morgan fingerprint density at radius 1 is 1.18 bits per heavy atom. The fourth-order valence-corrected chi connectivity index (χ4v) is 7.27. The van der Waals surface area contributed by atoms with Crippen LogP contribution in [0.2, 0.25) is 5.02 Å². The molecule has 2 heterocycles. The zero-order valence-corrected chi connectivity index (χ0v) is 22.3. The highest BCUT2D eigenvalue weighted by atomic mass is 35.5. The van der Waals surface area contributed by atoms with Crippen LogP contribution in [0.3, 0.4) is 0 Å². The Morgan fingerprint density at radius 3 is 2.71 bits per heavy atom. The molecular formula is C28H41ClN2O2S. The van der Waals surface area contributed by atoms with Gasteiger partial charge in [0.1, 0.15) is 5.75 Å². The number of halogens is 1. The van der Waals surface area contributed by atoms with E-state index in [2.05, 4.69) is 21.6 Å². The van der Waals surface area contributed by atoms with Crippen molar-refractivity contribution < 1.29 is 9.84 Å². The third-order valence-corrected chi connectivity index (χ3v) is 9.84. The summed E-state index contributed by atoms with van der Waals surface area (Å²) in [5.41, 5.74) is 2.15. The lowest BCUT2D eigenvalue weighted by Gasteiger charge is -2.41. The maximum Gasteiger partial charge on any atom is 0.119 e.